The minimum atomic E-state index is 0.123. The highest BCUT2D eigenvalue weighted by atomic mass is 32.1. The number of nitrogens with zero attached hydrogens (tertiary/aromatic N) is 2. The average molecular weight is 324 g/mol. The van der Waals surface area contributed by atoms with Gasteiger partial charge < -0.3 is 10.6 Å². The summed E-state index contributed by atoms with van der Waals surface area (Å²) >= 11 is 1.67. The lowest BCUT2D eigenvalue weighted by Gasteiger charge is -2.24. The second-order valence-corrected chi connectivity index (χ2v) is 6.63. The summed E-state index contributed by atoms with van der Waals surface area (Å²) in [6, 6.07) is 12.6. The third-order valence-electron chi connectivity index (χ3n) is 3.99. The molecule has 1 aliphatic heterocycles. The van der Waals surface area contributed by atoms with Gasteiger partial charge in [0.25, 0.3) is 0 Å². The lowest BCUT2D eigenvalue weighted by atomic mass is 10.1. The predicted octanol–water partition coefficient (Wildman–Crippen LogP) is 3.05. The molecule has 1 unspecified atom stereocenters. The Morgan fingerprint density at radius 1 is 1.22 bits per heavy atom. The van der Waals surface area contributed by atoms with Crippen LogP contribution >= 0.6 is 11.3 Å². The summed E-state index contributed by atoms with van der Waals surface area (Å²) in [6.45, 7) is 0.639. The van der Waals surface area contributed by atoms with Crippen LogP contribution < -0.4 is 10.6 Å². The molecular formula is C17H16N4OS. The lowest BCUT2D eigenvalue weighted by molar-refractivity contribution is -0.122. The van der Waals surface area contributed by atoms with Gasteiger partial charge >= 0.3 is 0 Å². The summed E-state index contributed by atoms with van der Waals surface area (Å²) in [5, 5.41) is 7.37. The largest absolute Gasteiger partial charge is 0.365 e. The molecule has 5 nitrogen and oxygen atoms in total. The fourth-order valence-corrected chi connectivity index (χ4v) is 3.77. The van der Waals surface area contributed by atoms with Crippen LogP contribution in [0.15, 0.2) is 42.7 Å². The van der Waals surface area contributed by atoms with Crippen molar-refractivity contribution < 1.29 is 4.79 Å². The van der Waals surface area contributed by atoms with E-state index in [-0.39, 0.29) is 11.9 Å². The third-order valence-corrected chi connectivity index (χ3v) is 5.09. The molecule has 0 aliphatic carbocycles. The number of anilines is 1. The van der Waals surface area contributed by atoms with E-state index < -0.39 is 0 Å². The molecule has 1 aromatic carbocycles. The molecule has 3 aromatic rings. The molecule has 23 heavy (non-hydrogen) atoms. The summed E-state index contributed by atoms with van der Waals surface area (Å²) in [7, 11) is 0. The van der Waals surface area contributed by atoms with E-state index in [9.17, 15) is 4.79 Å². The smallest absolute Gasteiger partial charge is 0.220 e. The van der Waals surface area contributed by atoms with Gasteiger partial charge in [0.1, 0.15) is 17.0 Å². The second-order valence-electron chi connectivity index (χ2n) is 5.60. The van der Waals surface area contributed by atoms with E-state index in [4.69, 9.17) is 0 Å². The first-order valence-electron chi connectivity index (χ1n) is 7.63. The Balaban J connectivity index is 1.65. The van der Waals surface area contributed by atoms with Crippen molar-refractivity contribution >= 4 is 33.3 Å². The number of rotatable bonds is 3. The standard InChI is InChI=1S/C17H16N4OS/c22-15-7-6-12(9-18-15)21-16-13-8-14(11-4-2-1-3-5-11)23-17(13)20-10-19-16/h1-5,8,10,12H,6-7,9H2,(H,18,22)(H,19,20,21). The van der Waals surface area contributed by atoms with Gasteiger partial charge in [-0.05, 0) is 18.1 Å². The van der Waals surface area contributed by atoms with Crippen molar-refractivity contribution in [1.29, 1.82) is 0 Å². The lowest BCUT2D eigenvalue weighted by Crippen LogP contribution is -2.42. The molecule has 1 atom stereocenters. The van der Waals surface area contributed by atoms with E-state index in [0.717, 1.165) is 22.5 Å². The number of carbonyl (C=O) groups is 1. The van der Waals surface area contributed by atoms with Crippen molar-refractivity contribution in [1.82, 2.24) is 15.3 Å². The first-order chi connectivity index (χ1) is 11.3. The van der Waals surface area contributed by atoms with Crippen molar-refractivity contribution in [3.8, 4) is 10.4 Å². The van der Waals surface area contributed by atoms with Crippen molar-refractivity contribution in [3.05, 3.63) is 42.7 Å². The van der Waals surface area contributed by atoms with Gasteiger partial charge in [0.05, 0.1) is 5.39 Å². The molecular weight excluding hydrogens is 308 g/mol. The number of benzene rings is 1. The highest BCUT2D eigenvalue weighted by Gasteiger charge is 2.19. The zero-order valence-corrected chi connectivity index (χ0v) is 13.3. The molecule has 4 rings (SSSR count). The normalized spacial score (nSPS) is 17.9. The van der Waals surface area contributed by atoms with Crippen molar-refractivity contribution in [2.45, 2.75) is 18.9 Å². The fourth-order valence-electron chi connectivity index (χ4n) is 2.76. The summed E-state index contributed by atoms with van der Waals surface area (Å²) in [5.41, 5.74) is 1.19. The van der Waals surface area contributed by atoms with Crippen molar-refractivity contribution in [3.63, 3.8) is 0 Å². The molecule has 0 saturated carbocycles. The molecule has 0 radical (unpaired) electrons. The number of aromatic nitrogens is 2. The van der Waals surface area contributed by atoms with Crippen molar-refractivity contribution in [2.24, 2.45) is 0 Å². The van der Waals surface area contributed by atoms with Crippen LogP contribution in [0.1, 0.15) is 12.8 Å². The zero-order chi connectivity index (χ0) is 15.6. The molecule has 0 spiro atoms. The van der Waals surface area contributed by atoms with Gasteiger partial charge in [-0.1, -0.05) is 30.3 Å². The Bertz CT molecular complexity index is 836. The molecule has 6 heteroatoms. The molecule has 1 fully saturated rings. The first kappa shape index (κ1) is 14.1. The Hall–Kier alpha value is -2.47. The molecule has 3 heterocycles. The minimum Gasteiger partial charge on any atom is -0.365 e. The van der Waals surface area contributed by atoms with Gasteiger partial charge in [0, 0.05) is 23.9 Å². The van der Waals surface area contributed by atoms with Crippen molar-refractivity contribution in [2.75, 3.05) is 11.9 Å². The average Bonchev–Trinajstić information content (AvgIpc) is 3.03. The van der Waals surface area contributed by atoms with Gasteiger partial charge in [-0.25, -0.2) is 9.97 Å². The SMILES string of the molecule is O=C1CCC(Nc2ncnc3sc(-c4ccccc4)cc23)CN1. The van der Waals surface area contributed by atoms with E-state index >= 15 is 0 Å². The van der Waals surface area contributed by atoms with Crippen LogP contribution in [0.25, 0.3) is 20.7 Å². The minimum absolute atomic E-state index is 0.123. The zero-order valence-electron chi connectivity index (χ0n) is 12.5. The van der Waals surface area contributed by atoms with Gasteiger partial charge in [-0.2, -0.15) is 0 Å². The molecule has 1 saturated heterocycles. The Kier molecular flexibility index (Phi) is 3.67. The van der Waals surface area contributed by atoms with E-state index in [1.165, 1.54) is 10.4 Å². The number of hydrogen-bond donors (Lipinski definition) is 2. The molecule has 1 aliphatic rings. The highest BCUT2D eigenvalue weighted by Crippen LogP contribution is 2.35. The van der Waals surface area contributed by atoms with Gasteiger partial charge in [-0.15, -0.1) is 11.3 Å². The van der Waals surface area contributed by atoms with Crippen LogP contribution in [-0.4, -0.2) is 28.5 Å². The van der Waals surface area contributed by atoms with Crippen LogP contribution in [-0.2, 0) is 4.79 Å². The van der Waals surface area contributed by atoms with Crippen LogP contribution in [0.3, 0.4) is 0 Å². The molecule has 2 aromatic heterocycles. The van der Waals surface area contributed by atoms with Crippen LogP contribution in [0.5, 0.6) is 0 Å². The van der Waals surface area contributed by atoms with Crippen LogP contribution in [0.4, 0.5) is 5.82 Å². The summed E-state index contributed by atoms with van der Waals surface area (Å²) in [5.74, 6) is 0.965. The fraction of sp³-hybridized carbons (Fsp3) is 0.235. The summed E-state index contributed by atoms with van der Waals surface area (Å²) in [6.07, 6.45) is 2.98. The number of nitrogens with one attached hydrogen (secondary N) is 2. The predicted molar refractivity (Wildman–Crippen MR) is 92.5 cm³/mol. The molecule has 1 amide bonds. The number of fused-ring (bicyclic) bond motifs is 1. The number of carbonyl (C=O) groups excluding carboxylic acids is 1. The monoisotopic (exact) mass is 324 g/mol. The van der Waals surface area contributed by atoms with E-state index in [1.807, 2.05) is 18.2 Å². The van der Waals surface area contributed by atoms with Gasteiger partial charge in [0.15, 0.2) is 0 Å². The van der Waals surface area contributed by atoms with Gasteiger partial charge in [0.2, 0.25) is 5.91 Å². The van der Waals surface area contributed by atoms with E-state index in [1.54, 1.807) is 17.7 Å². The second kappa shape index (κ2) is 5.96. The molecule has 0 bridgehead atoms. The Labute approximate surface area is 137 Å². The topological polar surface area (TPSA) is 66.9 Å². The number of piperidine rings is 1. The molecule has 2 N–H and O–H groups in total. The van der Waals surface area contributed by atoms with Gasteiger partial charge in [-0.3, -0.25) is 4.79 Å². The third kappa shape index (κ3) is 2.90. The van der Waals surface area contributed by atoms with E-state index in [2.05, 4.69) is 38.8 Å². The first-order valence-corrected chi connectivity index (χ1v) is 8.44. The van der Waals surface area contributed by atoms with Crippen LogP contribution in [0.2, 0.25) is 0 Å². The summed E-state index contributed by atoms with van der Waals surface area (Å²) in [4.78, 5) is 22.2. The quantitative estimate of drug-likeness (QED) is 0.777. The molecule has 116 valence electrons. The maximum absolute atomic E-state index is 11.3. The number of amides is 1. The Morgan fingerprint density at radius 2 is 2.09 bits per heavy atom. The number of thiophene rings is 1. The van der Waals surface area contributed by atoms with Crippen LogP contribution in [0, 0.1) is 0 Å². The van der Waals surface area contributed by atoms with E-state index in [0.29, 0.717) is 13.0 Å². The maximum Gasteiger partial charge on any atom is 0.220 e. The highest BCUT2D eigenvalue weighted by molar-refractivity contribution is 7.21. The Morgan fingerprint density at radius 3 is 2.87 bits per heavy atom. The maximum atomic E-state index is 11.3. The number of hydrogen-bond acceptors (Lipinski definition) is 5. The summed E-state index contributed by atoms with van der Waals surface area (Å²) < 4.78 is 0.